The largest absolute Gasteiger partial charge is 0.494 e. The van der Waals surface area contributed by atoms with Gasteiger partial charge in [0.05, 0.1) is 37.4 Å². The molecule has 1 N–H and O–H groups in total. The average Bonchev–Trinajstić information content (AvgIpc) is 3.26. The fraction of sp³-hybridized carbons (Fsp3) is 0.387. The van der Waals surface area contributed by atoms with Crippen molar-refractivity contribution in [3.8, 4) is 11.6 Å². The molecule has 9 nitrogen and oxygen atoms in total. The summed E-state index contributed by atoms with van der Waals surface area (Å²) >= 11 is 5.85. The van der Waals surface area contributed by atoms with E-state index in [4.69, 9.17) is 35.8 Å². The molecule has 0 amide bonds. The van der Waals surface area contributed by atoms with E-state index < -0.39 is 11.8 Å². The zero-order valence-electron chi connectivity index (χ0n) is 23.0. The van der Waals surface area contributed by atoms with Crippen LogP contribution in [0.5, 0.6) is 11.6 Å². The second kappa shape index (κ2) is 10.8. The van der Waals surface area contributed by atoms with Crippen LogP contribution >= 0.6 is 11.6 Å². The Morgan fingerprint density at radius 3 is 2.67 bits per heavy atom. The van der Waals surface area contributed by atoms with Crippen LogP contribution in [0.25, 0.3) is 11.0 Å². The number of fused-ring (bicyclic) bond motifs is 2. The summed E-state index contributed by atoms with van der Waals surface area (Å²) in [4.78, 5) is 23.9. The van der Waals surface area contributed by atoms with Gasteiger partial charge in [-0.2, -0.15) is 0 Å². The lowest BCUT2D eigenvalue weighted by atomic mass is 10.1. The minimum absolute atomic E-state index is 0.0798. The van der Waals surface area contributed by atoms with Gasteiger partial charge in [0.1, 0.15) is 29.5 Å². The van der Waals surface area contributed by atoms with E-state index in [1.165, 1.54) is 19.2 Å². The number of carbonyl (C=O) groups is 1. The molecule has 3 fully saturated rings. The molecular weight excluding hydrogens is 563 g/mol. The van der Waals surface area contributed by atoms with Crippen molar-refractivity contribution in [3.63, 3.8) is 0 Å². The number of imidazole rings is 1. The highest BCUT2D eigenvalue weighted by Gasteiger charge is 2.57. The number of halogens is 2. The molecule has 0 spiro atoms. The van der Waals surface area contributed by atoms with Crippen LogP contribution in [0, 0.1) is 17.7 Å². The lowest BCUT2D eigenvalue weighted by Crippen LogP contribution is -2.33. The second-order valence-corrected chi connectivity index (χ2v) is 11.7. The summed E-state index contributed by atoms with van der Waals surface area (Å²) in [5, 5.41) is 10.0. The molecule has 2 aliphatic heterocycles. The monoisotopic (exact) mass is 592 g/mol. The number of aromatic nitrogens is 3. The zero-order chi connectivity index (χ0) is 29.0. The fourth-order valence-electron chi connectivity index (χ4n) is 6.34. The first-order chi connectivity index (χ1) is 20.4. The standard InChI is InChI=1S/C31H30ClFN4O5/c1-40-26-10-18(31(38)39)9-25-30(26)35-27(37(25)12-20-7-8-41-20)15-36-13-21-22(14-36)29(21)24-3-2-4-28(34-24)42-16-17-5-6-19(32)11-23(17)33/h2-6,9-11,20-22,29H,7-8,12-16H2,1H3,(H,38,39)/t20-,21?,22?,29?/m0/s1. The number of hydrogen-bond donors (Lipinski definition) is 1. The Morgan fingerprint density at radius 2 is 1.98 bits per heavy atom. The maximum absolute atomic E-state index is 14.1. The maximum Gasteiger partial charge on any atom is 0.335 e. The molecule has 1 aliphatic carbocycles. The third-order valence-electron chi connectivity index (χ3n) is 8.66. The van der Waals surface area contributed by atoms with Crippen LogP contribution in [0.1, 0.15) is 39.8 Å². The van der Waals surface area contributed by atoms with Crippen LogP contribution in [0.4, 0.5) is 4.39 Å². The average molecular weight is 593 g/mol. The molecule has 7 rings (SSSR count). The van der Waals surface area contributed by atoms with Gasteiger partial charge in [-0.3, -0.25) is 4.90 Å². The Balaban J connectivity index is 1.05. The normalized spacial score (nSPS) is 23.0. The van der Waals surface area contributed by atoms with E-state index in [9.17, 15) is 14.3 Å². The van der Waals surface area contributed by atoms with Crippen molar-refractivity contribution in [1.29, 1.82) is 0 Å². The first kappa shape index (κ1) is 27.1. The molecule has 4 aromatic rings. The van der Waals surface area contributed by atoms with Gasteiger partial charge in [0, 0.05) is 48.0 Å². The molecule has 3 atom stereocenters. The number of benzene rings is 2. The number of carboxylic acid groups (broad SMARTS) is 1. The third-order valence-corrected chi connectivity index (χ3v) is 8.89. The number of hydrogen-bond acceptors (Lipinski definition) is 7. The summed E-state index contributed by atoms with van der Waals surface area (Å²) in [6.45, 7) is 3.92. The molecule has 3 aliphatic rings. The lowest BCUT2D eigenvalue weighted by Gasteiger charge is -2.28. The van der Waals surface area contributed by atoms with Crippen molar-refractivity contribution in [1.82, 2.24) is 19.4 Å². The van der Waals surface area contributed by atoms with E-state index in [0.717, 1.165) is 43.2 Å². The molecule has 4 heterocycles. The Morgan fingerprint density at radius 1 is 1.17 bits per heavy atom. The maximum atomic E-state index is 14.1. The first-order valence-electron chi connectivity index (χ1n) is 14.1. The van der Waals surface area contributed by atoms with Crippen molar-refractivity contribution in [2.45, 2.75) is 38.1 Å². The number of carboxylic acids is 1. The van der Waals surface area contributed by atoms with Crippen molar-refractivity contribution in [2.75, 3.05) is 26.8 Å². The minimum atomic E-state index is -1.00. The number of aromatic carboxylic acids is 1. The molecule has 1 saturated carbocycles. The Labute approximate surface area is 246 Å². The molecule has 42 heavy (non-hydrogen) atoms. The van der Waals surface area contributed by atoms with Crippen LogP contribution in [0.2, 0.25) is 5.02 Å². The summed E-state index contributed by atoms with van der Waals surface area (Å²) in [5.41, 5.74) is 3.01. The first-order valence-corrected chi connectivity index (χ1v) is 14.4. The van der Waals surface area contributed by atoms with E-state index in [1.807, 2.05) is 12.1 Å². The van der Waals surface area contributed by atoms with Crippen LogP contribution in [-0.2, 0) is 24.4 Å². The lowest BCUT2D eigenvalue weighted by molar-refractivity contribution is -0.0591. The molecule has 2 saturated heterocycles. The van der Waals surface area contributed by atoms with Crippen molar-refractivity contribution >= 4 is 28.6 Å². The second-order valence-electron chi connectivity index (χ2n) is 11.2. The van der Waals surface area contributed by atoms with Gasteiger partial charge in [0.15, 0.2) is 0 Å². The predicted molar refractivity (Wildman–Crippen MR) is 153 cm³/mol. The highest BCUT2D eigenvalue weighted by Crippen LogP contribution is 2.58. The molecule has 2 aromatic carbocycles. The van der Waals surface area contributed by atoms with Gasteiger partial charge in [-0.1, -0.05) is 23.7 Å². The Kier molecular flexibility index (Phi) is 7.00. The summed E-state index contributed by atoms with van der Waals surface area (Å²) in [5.74, 6) is 1.74. The minimum Gasteiger partial charge on any atom is -0.494 e. The highest BCUT2D eigenvalue weighted by molar-refractivity contribution is 6.30. The summed E-state index contributed by atoms with van der Waals surface area (Å²) in [6, 6.07) is 13.5. The molecular formula is C31H30ClFN4O5. The number of likely N-dealkylation sites (tertiary alicyclic amines) is 1. The molecule has 218 valence electrons. The number of ether oxygens (including phenoxy) is 3. The molecule has 2 unspecified atom stereocenters. The number of rotatable bonds is 10. The molecule has 0 bridgehead atoms. The van der Waals surface area contributed by atoms with Gasteiger partial charge in [-0.25, -0.2) is 19.2 Å². The smallest absolute Gasteiger partial charge is 0.335 e. The number of pyridine rings is 1. The topological polar surface area (TPSA) is 98.9 Å². The van der Waals surface area contributed by atoms with Gasteiger partial charge >= 0.3 is 5.97 Å². The van der Waals surface area contributed by atoms with Gasteiger partial charge in [-0.15, -0.1) is 0 Å². The van der Waals surface area contributed by atoms with Gasteiger partial charge in [0.25, 0.3) is 0 Å². The highest BCUT2D eigenvalue weighted by atomic mass is 35.5. The molecule has 0 radical (unpaired) electrons. The third kappa shape index (κ3) is 5.08. The van der Waals surface area contributed by atoms with Crippen LogP contribution in [-0.4, -0.2) is 63.4 Å². The van der Waals surface area contributed by atoms with Gasteiger partial charge in [-0.05, 0) is 48.6 Å². The number of piperidine rings is 1. The summed E-state index contributed by atoms with van der Waals surface area (Å²) in [7, 11) is 1.53. The quantitative estimate of drug-likeness (QED) is 0.270. The van der Waals surface area contributed by atoms with E-state index in [2.05, 4.69) is 9.47 Å². The van der Waals surface area contributed by atoms with Gasteiger partial charge in [0.2, 0.25) is 5.88 Å². The summed E-state index contributed by atoms with van der Waals surface area (Å²) in [6.07, 6.45) is 1.06. The SMILES string of the molecule is COc1cc(C(=O)O)cc2c1nc(CN1CC3C(C1)C3c1cccc(OCc3ccc(Cl)cc3F)n1)n2C[C@@H]1CCO1. The molecule has 11 heteroatoms. The van der Waals surface area contributed by atoms with Crippen molar-refractivity contribution in [2.24, 2.45) is 11.8 Å². The number of nitrogens with zero attached hydrogens (tertiary/aromatic N) is 4. The Hall–Kier alpha value is -3.73. The van der Waals surface area contributed by atoms with Crippen LogP contribution in [0.3, 0.4) is 0 Å². The van der Waals surface area contributed by atoms with E-state index in [-0.39, 0.29) is 18.3 Å². The van der Waals surface area contributed by atoms with Crippen LogP contribution in [0.15, 0.2) is 48.5 Å². The van der Waals surface area contributed by atoms with Crippen molar-refractivity contribution in [3.05, 3.63) is 82.0 Å². The van der Waals surface area contributed by atoms with E-state index in [0.29, 0.717) is 58.6 Å². The number of methoxy groups -OCH3 is 1. The van der Waals surface area contributed by atoms with E-state index in [1.54, 1.807) is 24.3 Å². The fourth-order valence-corrected chi connectivity index (χ4v) is 6.50. The zero-order valence-corrected chi connectivity index (χ0v) is 23.8. The van der Waals surface area contributed by atoms with Crippen molar-refractivity contribution < 1.29 is 28.5 Å². The van der Waals surface area contributed by atoms with E-state index >= 15 is 0 Å². The van der Waals surface area contributed by atoms with Crippen LogP contribution < -0.4 is 9.47 Å². The molecule has 2 aromatic heterocycles. The van der Waals surface area contributed by atoms with Gasteiger partial charge < -0.3 is 23.9 Å². The predicted octanol–water partition coefficient (Wildman–Crippen LogP) is 5.14. The summed E-state index contributed by atoms with van der Waals surface area (Å²) < 4.78 is 33.3. The Bertz CT molecular complexity index is 1660.